The van der Waals surface area contributed by atoms with E-state index in [2.05, 4.69) is 33.7 Å². The van der Waals surface area contributed by atoms with E-state index in [0.717, 1.165) is 32.8 Å². The molecular weight excluding hydrogens is 470 g/mol. The molecule has 0 saturated carbocycles. The van der Waals surface area contributed by atoms with Crippen molar-refractivity contribution in [3.63, 3.8) is 0 Å². The minimum Gasteiger partial charge on any atom is -0.378 e. The first-order chi connectivity index (χ1) is 13.3. The lowest BCUT2D eigenvalue weighted by atomic mass is 10.1. The molecule has 3 rings (SSSR count). The average molecular weight is 498 g/mol. The summed E-state index contributed by atoms with van der Waals surface area (Å²) < 4.78 is 19.3. The molecule has 2 N–H and O–H groups in total. The summed E-state index contributed by atoms with van der Waals surface area (Å²) in [6.45, 7) is 7.01. The van der Waals surface area contributed by atoms with Crippen molar-refractivity contribution in [1.82, 2.24) is 10.6 Å². The molecule has 5 nitrogen and oxygen atoms in total. The van der Waals surface area contributed by atoms with Gasteiger partial charge in [-0.2, -0.15) is 0 Å². The van der Waals surface area contributed by atoms with Crippen LogP contribution in [-0.2, 0) is 17.8 Å². The number of morpholine rings is 1. The Morgan fingerprint density at radius 2 is 1.71 bits per heavy atom. The van der Waals surface area contributed by atoms with Crippen LogP contribution in [0.15, 0.2) is 53.5 Å². The fourth-order valence-electron chi connectivity index (χ4n) is 3.08. The molecule has 1 fully saturated rings. The van der Waals surface area contributed by atoms with Crippen LogP contribution in [-0.4, -0.2) is 38.8 Å². The molecule has 7 heteroatoms. The van der Waals surface area contributed by atoms with Crippen LogP contribution in [0, 0.1) is 5.82 Å². The zero-order valence-electron chi connectivity index (χ0n) is 16.2. The summed E-state index contributed by atoms with van der Waals surface area (Å²) in [5, 5.41) is 6.44. The molecular formula is C21H28FIN4O. The van der Waals surface area contributed by atoms with Gasteiger partial charge in [-0.1, -0.05) is 36.4 Å². The van der Waals surface area contributed by atoms with E-state index in [-0.39, 0.29) is 29.8 Å². The SMILES string of the molecule is CCNC(=NCc1ccccc1N1CCOCC1)NCc1ccccc1F.I. The number of anilines is 1. The Morgan fingerprint density at radius 1 is 1.04 bits per heavy atom. The van der Waals surface area contributed by atoms with Gasteiger partial charge in [0.15, 0.2) is 5.96 Å². The minimum atomic E-state index is -0.210. The maximum Gasteiger partial charge on any atom is 0.191 e. The second-order valence-corrected chi connectivity index (χ2v) is 6.37. The van der Waals surface area contributed by atoms with E-state index in [1.54, 1.807) is 12.1 Å². The van der Waals surface area contributed by atoms with Crippen molar-refractivity contribution in [1.29, 1.82) is 0 Å². The van der Waals surface area contributed by atoms with E-state index in [0.29, 0.717) is 24.6 Å². The monoisotopic (exact) mass is 498 g/mol. The lowest BCUT2D eigenvalue weighted by Crippen LogP contribution is -2.37. The lowest BCUT2D eigenvalue weighted by Gasteiger charge is -2.30. The predicted molar refractivity (Wildman–Crippen MR) is 123 cm³/mol. The van der Waals surface area contributed by atoms with Gasteiger partial charge in [-0.15, -0.1) is 24.0 Å². The summed E-state index contributed by atoms with van der Waals surface area (Å²) in [7, 11) is 0. The molecule has 1 aliphatic heterocycles. The Labute approximate surface area is 183 Å². The van der Waals surface area contributed by atoms with Gasteiger partial charge in [0.2, 0.25) is 0 Å². The number of ether oxygens (including phenoxy) is 1. The lowest BCUT2D eigenvalue weighted by molar-refractivity contribution is 0.122. The molecule has 28 heavy (non-hydrogen) atoms. The van der Waals surface area contributed by atoms with Gasteiger partial charge < -0.3 is 20.3 Å². The van der Waals surface area contributed by atoms with Gasteiger partial charge in [-0.05, 0) is 24.6 Å². The highest BCUT2D eigenvalue weighted by Crippen LogP contribution is 2.22. The number of nitrogens with one attached hydrogen (secondary N) is 2. The van der Waals surface area contributed by atoms with Crippen LogP contribution in [0.5, 0.6) is 0 Å². The summed E-state index contributed by atoms with van der Waals surface area (Å²) in [6, 6.07) is 15.1. The van der Waals surface area contributed by atoms with Gasteiger partial charge in [0.25, 0.3) is 0 Å². The molecule has 1 heterocycles. The van der Waals surface area contributed by atoms with Crippen LogP contribution in [0.2, 0.25) is 0 Å². The number of halogens is 2. The van der Waals surface area contributed by atoms with Crippen LogP contribution in [0.25, 0.3) is 0 Å². The zero-order chi connectivity index (χ0) is 18.9. The van der Waals surface area contributed by atoms with Crippen molar-refractivity contribution in [3.05, 3.63) is 65.5 Å². The Balaban J connectivity index is 0.00000280. The summed E-state index contributed by atoms with van der Waals surface area (Å²) in [5.74, 6) is 0.469. The second-order valence-electron chi connectivity index (χ2n) is 6.37. The number of para-hydroxylation sites is 1. The first kappa shape index (κ1) is 22.4. The zero-order valence-corrected chi connectivity index (χ0v) is 18.5. The molecule has 0 atom stereocenters. The summed E-state index contributed by atoms with van der Waals surface area (Å²) in [5.41, 5.74) is 2.99. The number of hydrogen-bond donors (Lipinski definition) is 2. The first-order valence-electron chi connectivity index (χ1n) is 9.44. The average Bonchev–Trinajstić information content (AvgIpc) is 2.72. The largest absolute Gasteiger partial charge is 0.378 e. The van der Waals surface area contributed by atoms with Gasteiger partial charge in [0.1, 0.15) is 5.82 Å². The number of rotatable bonds is 6. The fraction of sp³-hybridized carbons (Fsp3) is 0.381. The van der Waals surface area contributed by atoms with E-state index in [4.69, 9.17) is 9.73 Å². The Morgan fingerprint density at radius 3 is 2.43 bits per heavy atom. The molecule has 0 bridgehead atoms. The number of nitrogens with zero attached hydrogens (tertiary/aromatic N) is 2. The molecule has 152 valence electrons. The number of guanidine groups is 1. The van der Waals surface area contributed by atoms with Crippen LogP contribution < -0.4 is 15.5 Å². The molecule has 0 amide bonds. The third-order valence-corrected chi connectivity index (χ3v) is 4.50. The highest BCUT2D eigenvalue weighted by Gasteiger charge is 2.14. The van der Waals surface area contributed by atoms with Gasteiger partial charge in [-0.25, -0.2) is 9.38 Å². The topological polar surface area (TPSA) is 48.9 Å². The van der Waals surface area contributed by atoms with Crippen molar-refractivity contribution in [3.8, 4) is 0 Å². The first-order valence-corrected chi connectivity index (χ1v) is 9.44. The van der Waals surface area contributed by atoms with Gasteiger partial charge >= 0.3 is 0 Å². The quantitative estimate of drug-likeness (QED) is 0.364. The summed E-state index contributed by atoms with van der Waals surface area (Å²) in [4.78, 5) is 7.04. The maximum absolute atomic E-state index is 13.8. The van der Waals surface area contributed by atoms with Crippen molar-refractivity contribution in [2.24, 2.45) is 4.99 Å². The predicted octanol–water partition coefficient (Wildman–Crippen LogP) is 3.54. The smallest absolute Gasteiger partial charge is 0.191 e. The molecule has 0 radical (unpaired) electrons. The maximum atomic E-state index is 13.8. The standard InChI is InChI=1S/C21H27FN4O.HI/c1-2-23-21(24-15-17-7-3-5-9-19(17)22)25-16-18-8-4-6-10-20(18)26-11-13-27-14-12-26;/h3-10H,2,11-16H2,1H3,(H2,23,24,25);1H. The fourth-order valence-corrected chi connectivity index (χ4v) is 3.08. The van der Waals surface area contributed by atoms with Crippen molar-refractivity contribution >= 4 is 35.6 Å². The highest BCUT2D eigenvalue weighted by atomic mass is 127. The van der Waals surface area contributed by atoms with E-state index in [9.17, 15) is 4.39 Å². The molecule has 2 aromatic carbocycles. The van der Waals surface area contributed by atoms with Crippen LogP contribution in [0.4, 0.5) is 10.1 Å². The van der Waals surface area contributed by atoms with Gasteiger partial charge in [0.05, 0.1) is 19.8 Å². The van der Waals surface area contributed by atoms with Gasteiger partial charge in [0, 0.05) is 37.4 Å². The Hall–Kier alpha value is -1.87. The van der Waals surface area contributed by atoms with Crippen LogP contribution in [0.1, 0.15) is 18.1 Å². The van der Waals surface area contributed by atoms with Crippen molar-refractivity contribution < 1.29 is 9.13 Å². The van der Waals surface area contributed by atoms with Crippen LogP contribution >= 0.6 is 24.0 Å². The molecule has 0 aromatic heterocycles. The minimum absolute atomic E-state index is 0. The molecule has 0 spiro atoms. The number of benzene rings is 2. The second kappa shape index (κ2) is 11.9. The number of hydrogen-bond acceptors (Lipinski definition) is 3. The third kappa shape index (κ3) is 6.34. The highest BCUT2D eigenvalue weighted by molar-refractivity contribution is 14.0. The Bertz CT molecular complexity index is 766. The van der Waals surface area contributed by atoms with Crippen molar-refractivity contribution in [2.75, 3.05) is 37.7 Å². The molecule has 0 aliphatic carbocycles. The summed E-state index contributed by atoms with van der Waals surface area (Å²) in [6.07, 6.45) is 0. The summed E-state index contributed by atoms with van der Waals surface area (Å²) >= 11 is 0. The van der Waals surface area contributed by atoms with Crippen molar-refractivity contribution in [2.45, 2.75) is 20.0 Å². The number of aliphatic imine (C=N–C) groups is 1. The van der Waals surface area contributed by atoms with E-state index < -0.39 is 0 Å². The third-order valence-electron chi connectivity index (χ3n) is 4.50. The normalized spacial score (nSPS) is 14.4. The molecule has 0 unspecified atom stereocenters. The van der Waals surface area contributed by atoms with E-state index >= 15 is 0 Å². The van der Waals surface area contributed by atoms with Crippen LogP contribution in [0.3, 0.4) is 0 Å². The Kier molecular flexibility index (Phi) is 9.49. The molecule has 1 aliphatic rings. The van der Waals surface area contributed by atoms with E-state index in [1.165, 1.54) is 17.3 Å². The van der Waals surface area contributed by atoms with E-state index in [1.807, 2.05) is 19.1 Å². The molecule has 1 saturated heterocycles. The van der Waals surface area contributed by atoms with Gasteiger partial charge in [-0.3, -0.25) is 0 Å². The molecule has 2 aromatic rings.